The van der Waals surface area contributed by atoms with Crippen LogP contribution in [0.4, 0.5) is 11.5 Å². The van der Waals surface area contributed by atoms with Gasteiger partial charge in [-0.1, -0.05) is 23.7 Å². The minimum absolute atomic E-state index is 0.0777. The van der Waals surface area contributed by atoms with Crippen molar-refractivity contribution in [3.8, 4) is 5.75 Å². The molecule has 4 aromatic rings. The summed E-state index contributed by atoms with van der Waals surface area (Å²) < 4.78 is 5.86. The van der Waals surface area contributed by atoms with Crippen LogP contribution in [-0.2, 0) is 24.4 Å². The lowest BCUT2D eigenvalue weighted by atomic mass is 10.0. The molecule has 0 unspecified atom stereocenters. The summed E-state index contributed by atoms with van der Waals surface area (Å²) in [5.74, 6) is 1.41. The van der Waals surface area contributed by atoms with E-state index in [4.69, 9.17) is 16.3 Å². The van der Waals surface area contributed by atoms with Gasteiger partial charge in [-0.05, 0) is 80.7 Å². The van der Waals surface area contributed by atoms with E-state index in [1.165, 1.54) is 36.4 Å². The Morgan fingerprint density at radius 1 is 1.12 bits per heavy atom. The molecule has 1 fully saturated rings. The lowest BCUT2D eigenvalue weighted by Crippen LogP contribution is -2.34. The number of benzene rings is 1. The molecule has 3 aromatic heterocycles. The molecule has 0 atom stereocenters. The van der Waals surface area contributed by atoms with Crippen molar-refractivity contribution < 1.29 is 9.53 Å². The first-order chi connectivity index (χ1) is 19.6. The van der Waals surface area contributed by atoms with Gasteiger partial charge in [-0.15, -0.1) is 11.3 Å². The van der Waals surface area contributed by atoms with Gasteiger partial charge in [0, 0.05) is 29.9 Å². The predicted molar refractivity (Wildman–Crippen MR) is 159 cm³/mol. The standard InChI is InChI=1S/C30H31ClN6O2S/c31-24-17-21(9-10-25(24)39-19-22-7-1-3-12-32-22)35-29-28-23-11-16-37(18-26(23)40-30(28)34-20-33-29)27(38)8-2-4-13-36-14-5-6-15-36/h1-3,7-10,12,17,20H,4-6,11,13-16,18-19H2,(H,33,34,35)/b8-2+. The van der Waals surface area contributed by atoms with Crippen molar-refractivity contribution in [3.05, 3.63) is 82.2 Å². The Morgan fingerprint density at radius 3 is 2.85 bits per heavy atom. The zero-order valence-electron chi connectivity index (χ0n) is 22.2. The summed E-state index contributed by atoms with van der Waals surface area (Å²) in [5, 5.41) is 4.94. The second-order valence-electron chi connectivity index (χ2n) is 10.0. The number of nitrogens with one attached hydrogen (secondary N) is 1. The van der Waals surface area contributed by atoms with Gasteiger partial charge in [0.05, 0.1) is 22.6 Å². The first-order valence-corrected chi connectivity index (χ1v) is 14.9. The number of rotatable bonds is 9. The fraction of sp³-hybridized carbons (Fsp3) is 0.333. The second-order valence-corrected chi connectivity index (χ2v) is 11.5. The first kappa shape index (κ1) is 26.7. The van der Waals surface area contributed by atoms with Crippen LogP contribution in [-0.4, -0.2) is 56.8 Å². The van der Waals surface area contributed by atoms with Crippen LogP contribution in [0.5, 0.6) is 5.75 Å². The minimum atomic E-state index is 0.0777. The molecule has 1 amide bonds. The fourth-order valence-corrected chi connectivity index (χ4v) is 6.67. The molecular weight excluding hydrogens is 544 g/mol. The average Bonchev–Trinajstić information content (AvgIpc) is 3.63. The maximum absolute atomic E-state index is 12.9. The molecule has 1 saturated heterocycles. The molecule has 0 spiro atoms. The highest BCUT2D eigenvalue weighted by molar-refractivity contribution is 7.19. The van der Waals surface area contributed by atoms with Gasteiger partial charge in [-0.25, -0.2) is 9.97 Å². The van der Waals surface area contributed by atoms with Gasteiger partial charge in [0.2, 0.25) is 5.91 Å². The number of anilines is 2. The Kier molecular flexibility index (Phi) is 8.22. The Labute approximate surface area is 242 Å². The van der Waals surface area contributed by atoms with Gasteiger partial charge in [0.25, 0.3) is 0 Å². The Morgan fingerprint density at radius 2 is 2.02 bits per heavy atom. The summed E-state index contributed by atoms with van der Waals surface area (Å²) >= 11 is 8.17. The maximum Gasteiger partial charge on any atom is 0.246 e. The summed E-state index contributed by atoms with van der Waals surface area (Å²) in [6.07, 6.45) is 11.3. The predicted octanol–water partition coefficient (Wildman–Crippen LogP) is 5.99. The van der Waals surface area contributed by atoms with Gasteiger partial charge >= 0.3 is 0 Å². The van der Waals surface area contributed by atoms with Crippen LogP contribution in [0, 0.1) is 0 Å². The number of likely N-dealkylation sites (tertiary alicyclic amines) is 1. The van der Waals surface area contributed by atoms with E-state index in [1.807, 2.05) is 47.4 Å². The molecule has 0 radical (unpaired) electrons. The number of halogens is 1. The molecule has 1 aromatic carbocycles. The van der Waals surface area contributed by atoms with Crippen LogP contribution in [0.1, 0.15) is 35.4 Å². The summed E-state index contributed by atoms with van der Waals surface area (Å²) in [7, 11) is 0. The number of amides is 1. The number of ether oxygens (including phenoxy) is 1. The third-order valence-electron chi connectivity index (χ3n) is 7.32. The van der Waals surface area contributed by atoms with E-state index in [9.17, 15) is 4.79 Å². The first-order valence-electron chi connectivity index (χ1n) is 13.7. The molecule has 8 nitrogen and oxygen atoms in total. The summed E-state index contributed by atoms with van der Waals surface area (Å²) in [5.41, 5.74) is 2.86. The van der Waals surface area contributed by atoms with E-state index >= 15 is 0 Å². The van der Waals surface area contributed by atoms with E-state index in [1.54, 1.807) is 29.9 Å². The molecule has 1 N–H and O–H groups in total. The van der Waals surface area contributed by atoms with Crippen molar-refractivity contribution in [3.63, 3.8) is 0 Å². The topological polar surface area (TPSA) is 83.5 Å². The summed E-state index contributed by atoms with van der Waals surface area (Å²) in [4.78, 5) is 32.7. The SMILES string of the molecule is O=C(/C=C/CCN1CCCC1)N1CCc2c(sc3ncnc(Nc4ccc(OCc5ccccn5)c(Cl)c4)c23)C1. The highest BCUT2D eigenvalue weighted by atomic mass is 35.5. The van der Waals surface area contributed by atoms with Gasteiger partial charge in [0.15, 0.2) is 0 Å². The molecule has 206 valence electrons. The molecule has 2 aliphatic rings. The van der Waals surface area contributed by atoms with Crippen LogP contribution >= 0.6 is 22.9 Å². The number of aromatic nitrogens is 3. The molecule has 40 heavy (non-hydrogen) atoms. The molecule has 10 heteroatoms. The normalized spacial score (nSPS) is 15.6. The van der Waals surface area contributed by atoms with Gasteiger partial charge in [-0.3, -0.25) is 9.78 Å². The summed E-state index contributed by atoms with van der Waals surface area (Å²) in [6, 6.07) is 11.3. The molecule has 0 saturated carbocycles. The number of hydrogen-bond donors (Lipinski definition) is 1. The van der Waals surface area contributed by atoms with Crippen molar-refractivity contribution >= 4 is 50.6 Å². The van der Waals surface area contributed by atoms with Crippen LogP contribution in [0.2, 0.25) is 5.02 Å². The largest absolute Gasteiger partial charge is 0.486 e. The Balaban J connectivity index is 1.12. The molecular formula is C30H31ClN6O2S. The molecule has 0 aliphatic carbocycles. The maximum atomic E-state index is 12.9. The molecule has 0 bridgehead atoms. The number of fused-ring (bicyclic) bond motifs is 3. The third-order valence-corrected chi connectivity index (χ3v) is 8.74. The second kappa shape index (κ2) is 12.3. The van der Waals surface area contributed by atoms with Crippen molar-refractivity contribution in [1.29, 1.82) is 0 Å². The van der Waals surface area contributed by atoms with E-state index < -0.39 is 0 Å². The summed E-state index contributed by atoms with van der Waals surface area (Å²) in [6.45, 7) is 5.01. The fourth-order valence-electron chi connectivity index (χ4n) is 5.23. The number of nitrogens with zero attached hydrogens (tertiary/aromatic N) is 5. The van der Waals surface area contributed by atoms with Crippen LogP contribution < -0.4 is 10.1 Å². The lowest BCUT2D eigenvalue weighted by molar-refractivity contribution is -0.126. The lowest BCUT2D eigenvalue weighted by Gasteiger charge is -2.26. The number of carbonyl (C=O) groups is 1. The molecule has 2 aliphatic heterocycles. The number of hydrogen-bond acceptors (Lipinski definition) is 8. The Bertz CT molecular complexity index is 1520. The van der Waals surface area contributed by atoms with E-state index in [-0.39, 0.29) is 5.91 Å². The highest BCUT2D eigenvalue weighted by Crippen LogP contribution is 2.39. The van der Waals surface area contributed by atoms with Crippen LogP contribution in [0.15, 0.2) is 61.1 Å². The van der Waals surface area contributed by atoms with Gasteiger partial charge in [-0.2, -0.15) is 0 Å². The van der Waals surface area contributed by atoms with E-state index in [2.05, 4.69) is 25.2 Å². The molecule has 5 heterocycles. The zero-order chi connectivity index (χ0) is 27.3. The van der Waals surface area contributed by atoms with Crippen molar-refractivity contribution in [2.45, 2.75) is 38.8 Å². The van der Waals surface area contributed by atoms with Crippen molar-refractivity contribution in [2.24, 2.45) is 0 Å². The van der Waals surface area contributed by atoms with Crippen molar-refractivity contribution in [2.75, 3.05) is 31.5 Å². The van der Waals surface area contributed by atoms with Crippen LogP contribution in [0.25, 0.3) is 10.2 Å². The van der Waals surface area contributed by atoms with Crippen molar-refractivity contribution in [1.82, 2.24) is 24.8 Å². The number of carbonyl (C=O) groups excluding carboxylic acids is 1. The average molecular weight is 575 g/mol. The monoisotopic (exact) mass is 574 g/mol. The smallest absolute Gasteiger partial charge is 0.246 e. The minimum Gasteiger partial charge on any atom is -0.486 e. The zero-order valence-corrected chi connectivity index (χ0v) is 23.8. The van der Waals surface area contributed by atoms with Gasteiger partial charge in [0.1, 0.15) is 29.3 Å². The van der Waals surface area contributed by atoms with Crippen LogP contribution in [0.3, 0.4) is 0 Å². The number of thiophene rings is 1. The quantitative estimate of drug-likeness (QED) is 0.246. The highest BCUT2D eigenvalue weighted by Gasteiger charge is 2.25. The Hall–Kier alpha value is -3.53. The number of pyridine rings is 1. The third kappa shape index (κ3) is 6.11. The van der Waals surface area contributed by atoms with E-state index in [0.717, 1.165) is 46.8 Å². The van der Waals surface area contributed by atoms with Gasteiger partial charge < -0.3 is 19.9 Å². The van der Waals surface area contributed by atoms with E-state index in [0.29, 0.717) is 30.5 Å². The molecule has 6 rings (SSSR count).